The summed E-state index contributed by atoms with van der Waals surface area (Å²) in [4.78, 5) is 23.6. The van der Waals surface area contributed by atoms with Crippen LogP contribution in [0.2, 0.25) is 0 Å². The molecule has 20 heavy (non-hydrogen) atoms. The van der Waals surface area contributed by atoms with Crippen LogP contribution in [0.1, 0.15) is 21.5 Å². The highest BCUT2D eigenvalue weighted by Crippen LogP contribution is 2.37. The number of benzene rings is 2. The molecule has 3 rings (SSSR count). The lowest BCUT2D eigenvalue weighted by Crippen LogP contribution is -1.99. The lowest BCUT2D eigenvalue weighted by Gasteiger charge is -2.02. The third-order valence-electron chi connectivity index (χ3n) is 3.26. The predicted molar refractivity (Wildman–Crippen MR) is 70.0 cm³/mol. The van der Waals surface area contributed by atoms with Crippen LogP contribution < -0.4 is 0 Å². The van der Waals surface area contributed by atoms with Crippen LogP contribution in [-0.4, -0.2) is 12.1 Å². The number of ketones is 1. The molecule has 4 heteroatoms. The maximum absolute atomic E-state index is 13.2. The number of Topliss-reactive ketones (excluding diaryl/α,β-unsaturated/α-hetero) is 1. The van der Waals surface area contributed by atoms with Crippen LogP contribution in [0.25, 0.3) is 11.1 Å². The summed E-state index contributed by atoms with van der Waals surface area (Å²) in [5.74, 6) is -1.40. The van der Waals surface area contributed by atoms with Gasteiger partial charge in [-0.3, -0.25) is 9.59 Å². The van der Waals surface area contributed by atoms with Gasteiger partial charge in [-0.15, -0.1) is 0 Å². The van der Waals surface area contributed by atoms with Gasteiger partial charge in [0.1, 0.15) is 11.6 Å². The molecule has 0 aliphatic heterocycles. The van der Waals surface area contributed by atoms with Crippen molar-refractivity contribution in [1.82, 2.24) is 0 Å². The number of aldehydes is 1. The van der Waals surface area contributed by atoms with Crippen molar-refractivity contribution in [2.24, 2.45) is 0 Å². The molecule has 1 aliphatic rings. The Balaban J connectivity index is 2.23. The first-order chi connectivity index (χ1) is 9.61. The molecule has 0 saturated carbocycles. The van der Waals surface area contributed by atoms with E-state index in [0.717, 1.165) is 6.07 Å². The monoisotopic (exact) mass is 270 g/mol. The molecule has 0 N–H and O–H groups in total. The average molecular weight is 270 g/mol. The first-order valence-corrected chi connectivity index (χ1v) is 5.92. The summed E-state index contributed by atoms with van der Waals surface area (Å²) in [5.41, 5.74) is 1.39. The molecule has 2 aromatic rings. The predicted octanol–water partition coefficient (Wildman–Crippen LogP) is 3.27. The Morgan fingerprint density at radius 3 is 2.15 bits per heavy atom. The fourth-order valence-electron chi connectivity index (χ4n) is 2.36. The second-order valence-electron chi connectivity index (χ2n) is 4.43. The Hall–Kier alpha value is -2.62. The summed E-state index contributed by atoms with van der Waals surface area (Å²) in [5, 5.41) is 0. The fraction of sp³-hybridized carbons (Fsp3) is 0. The summed E-state index contributed by atoms with van der Waals surface area (Å²) in [7, 11) is 0. The lowest BCUT2D eigenvalue weighted by molar-refractivity contribution is -0.103. The average Bonchev–Trinajstić information content (AvgIpc) is 2.72. The first kappa shape index (κ1) is 12.4. The zero-order valence-corrected chi connectivity index (χ0v) is 10.2. The highest BCUT2D eigenvalue weighted by molar-refractivity contribution is 6.46. The van der Waals surface area contributed by atoms with Crippen LogP contribution in [-0.2, 0) is 4.79 Å². The van der Waals surface area contributed by atoms with Crippen molar-refractivity contribution < 1.29 is 18.4 Å². The standard InChI is InChI=1S/C16H8F2O2/c17-10-3-1-9(2-4-10)15-14(8-19)12-6-5-11(18)7-13(12)16(15)20/h1-8H. The van der Waals surface area contributed by atoms with E-state index >= 15 is 0 Å². The largest absolute Gasteiger partial charge is 0.298 e. The van der Waals surface area contributed by atoms with Crippen molar-refractivity contribution in [1.29, 1.82) is 0 Å². The van der Waals surface area contributed by atoms with E-state index in [4.69, 9.17) is 0 Å². The van der Waals surface area contributed by atoms with Crippen molar-refractivity contribution in [2.75, 3.05) is 0 Å². The number of hydrogen-bond acceptors (Lipinski definition) is 2. The van der Waals surface area contributed by atoms with Gasteiger partial charge in [0, 0.05) is 16.7 Å². The minimum absolute atomic E-state index is 0.159. The molecule has 0 fully saturated rings. The molecule has 0 heterocycles. The molecule has 0 amide bonds. The summed E-state index contributed by atoms with van der Waals surface area (Å²) < 4.78 is 26.2. The minimum Gasteiger partial charge on any atom is -0.298 e. The quantitative estimate of drug-likeness (QED) is 0.785. The van der Waals surface area contributed by atoms with Gasteiger partial charge in [-0.2, -0.15) is 0 Å². The first-order valence-electron chi connectivity index (χ1n) is 5.92. The van der Waals surface area contributed by atoms with Crippen molar-refractivity contribution in [3.63, 3.8) is 0 Å². The number of allylic oxidation sites excluding steroid dienone is 2. The Bertz CT molecular complexity index is 759. The summed E-state index contributed by atoms with van der Waals surface area (Å²) in [6, 6.07) is 8.98. The molecule has 1 aliphatic carbocycles. The minimum atomic E-state index is -0.539. The molecule has 0 aromatic heterocycles. The van der Waals surface area contributed by atoms with E-state index in [2.05, 4.69) is 0 Å². The van der Waals surface area contributed by atoms with Crippen molar-refractivity contribution in [2.45, 2.75) is 0 Å². The van der Waals surface area contributed by atoms with Crippen LogP contribution in [0.15, 0.2) is 42.5 Å². The number of hydrogen-bond donors (Lipinski definition) is 0. The van der Waals surface area contributed by atoms with E-state index in [1.165, 1.54) is 36.4 Å². The number of carbonyl (C=O) groups is 2. The van der Waals surface area contributed by atoms with E-state index in [1.54, 1.807) is 0 Å². The van der Waals surface area contributed by atoms with Crippen molar-refractivity contribution in [3.05, 3.63) is 70.8 Å². The second kappa shape index (κ2) is 4.49. The molecule has 0 spiro atoms. The third kappa shape index (κ3) is 1.77. The molecule has 0 atom stereocenters. The van der Waals surface area contributed by atoms with E-state index in [9.17, 15) is 18.4 Å². The van der Waals surface area contributed by atoms with Crippen molar-refractivity contribution in [3.8, 4) is 0 Å². The molecule has 0 unspecified atom stereocenters. The summed E-state index contributed by atoms with van der Waals surface area (Å²) in [6.07, 6.45) is 0.570. The Morgan fingerprint density at radius 1 is 0.850 bits per heavy atom. The van der Waals surface area contributed by atoms with Crippen LogP contribution >= 0.6 is 0 Å². The smallest absolute Gasteiger partial charge is 0.195 e. The number of carbonyl (C=O) groups excluding carboxylic acids is 2. The molecular formula is C16H8F2O2. The molecule has 0 saturated heterocycles. The van der Waals surface area contributed by atoms with Gasteiger partial charge in [0.05, 0.1) is 0 Å². The highest BCUT2D eigenvalue weighted by Gasteiger charge is 2.30. The SMILES string of the molecule is O=CC1=C(c2ccc(F)cc2)C(=O)c2cc(F)ccc21. The van der Waals surface area contributed by atoms with Gasteiger partial charge in [0.2, 0.25) is 0 Å². The topological polar surface area (TPSA) is 34.1 Å². The Morgan fingerprint density at radius 2 is 1.50 bits per heavy atom. The van der Waals surface area contributed by atoms with Crippen LogP contribution in [0.3, 0.4) is 0 Å². The summed E-state index contributed by atoms with van der Waals surface area (Å²) >= 11 is 0. The maximum Gasteiger partial charge on any atom is 0.195 e. The summed E-state index contributed by atoms with van der Waals surface area (Å²) in [6.45, 7) is 0. The number of rotatable bonds is 2. The zero-order valence-electron chi connectivity index (χ0n) is 10.2. The van der Waals surface area contributed by atoms with Gasteiger partial charge in [0.15, 0.2) is 12.1 Å². The number of fused-ring (bicyclic) bond motifs is 1. The van der Waals surface area contributed by atoms with E-state index in [1.807, 2.05) is 0 Å². The van der Waals surface area contributed by atoms with Gasteiger partial charge >= 0.3 is 0 Å². The fourth-order valence-corrected chi connectivity index (χ4v) is 2.36. The molecular weight excluding hydrogens is 262 g/mol. The zero-order chi connectivity index (χ0) is 14.3. The second-order valence-corrected chi connectivity index (χ2v) is 4.43. The molecule has 2 aromatic carbocycles. The van der Waals surface area contributed by atoms with Crippen molar-refractivity contribution >= 4 is 23.2 Å². The van der Waals surface area contributed by atoms with Gasteiger partial charge < -0.3 is 0 Å². The van der Waals surface area contributed by atoms with Crippen LogP contribution in [0.4, 0.5) is 8.78 Å². The molecule has 0 radical (unpaired) electrons. The van der Waals surface area contributed by atoms with Gasteiger partial charge in [0.25, 0.3) is 0 Å². The molecule has 0 bridgehead atoms. The van der Waals surface area contributed by atoms with Crippen LogP contribution in [0, 0.1) is 11.6 Å². The Kier molecular flexibility index (Phi) is 2.79. The Labute approximate surface area is 113 Å². The third-order valence-corrected chi connectivity index (χ3v) is 3.26. The molecule has 98 valence electrons. The van der Waals surface area contributed by atoms with E-state index < -0.39 is 17.4 Å². The van der Waals surface area contributed by atoms with E-state index in [-0.39, 0.29) is 16.7 Å². The lowest BCUT2D eigenvalue weighted by atomic mass is 10.0. The maximum atomic E-state index is 13.2. The normalized spacial score (nSPS) is 13.6. The highest BCUT2D eigenvalue weighted by atomic mass is 19.1. The van der Waals surface area contributed by atoms with Gasteiger partial charge in [-0.1, -0.05) is 18.2 Å². The van der Waals surface area contributed by atoms with Crippen LogP contribution in [0.5, 0.6) is 0 Å². The van der Waals surface area contributed by atoms with Gasteiger partial charge in [-0.25, -0.2) is 8.78 Å². The number of halogens is 2. The van der Waals surface area contributed by atoms with Gasteiger partial charge in [-0.05, 0) is 35.4 Å². The van der Waals surface area contributed by atoms with E-state index in [0.29, 0.717) is 17.4 Å². The molecule has 2 nitrogen and oxygen atoms in total.